The van der Waals surface area contributed by atoms with E-state index >= 15 is 0 Å². The number of carboxylic acid groups (broad SMARTS) is 1. The molecule has 1 aromatic carbocycles. The molecule has 1 N–H and O–H groups in total. The highest BCUT2D eigenvalue weighted by atomic mass is 35.5. The second-order valence-corrected chi connectivity index (χ2v) is 3.74. The van der Waals surface area contributed by atoms with E-state index < -0.39 is 12.6 Å². The fraction of sp³-hybridized carbons (Fsp3) is 0.300. The Morgan fingerprint density at radius 1 is 1.40 bits per heavy atom. The number of carbonyl (C=O) groups is 1. The Labute approximate surface area is 97.6 Å². The van der Waals surface area contributed by atoms with Gasteiger partial charge in [-0.1, -0.05) is 30.1 Å². The van der Waals surface area contributed by atoms with Gasteiger partial charge in [0.2, 0.25) is 0 Å². The smallest absolute Gasteiger partial charge is 0.341 e. The summed E-state index contributed by atoms with van der Waals surface area (Å²) in [5, 5.41) is 9.11. The number of rotatable bonds is 4. The summed E-state index contributed by atoms with van der Waals surface area (Å²) in [4.78, 5) is 10.3. The fourth-order valence-corrected chi connectivity index (χ4v) is 1.73. The van der Waals surface area contributed by atoms with Crippen LogP contribution in [0.4, 0.5) is 0 Å². The Hall–Kier alpha value is -0.930. The van der Waals surface area contributed by atoms with Gasteiger partial charge in [0.05, 0.1) is 10.0 Å². The Bertz CT molecular complexity index is 354. The highest BCUT2D eigenvalue weighted by Crippen LogP contribution is 2.34. The van der Waals surface area contributed by atoms with Crippen LogP contribution in [0.15, 0.2) is 12.1 Å². The second-order valence-electron chi connectivity index (χ2n) is 2.92. The number of benzene rings is 1. The van der Waals surface area contributed by atoms with Crippen LogP contribution in [-0.4, -0.2) is 17.7 Å². The average Bonchev–Trinajstić information content (AvgIpc) is 2.15. The zero-order valence-electron chi connectivity index (χ0n) is 8.09. The van der Waals surface area contributed by atoms with Gasteiger partial charge in [-0.05, 0) is 24.1 Å². The van der Waals surface area contributed by atoms with Gasteiger partial charge < -0.3 is 9.84 Å². The Balaban J connectivity index is 2.92. The summed E-state index contributed by atoms with van der Waals surface area (Å²) in [7, 11) is 0. The molecule has 1 aromatic rings. The van der Waals surface area contributed by atoms with Crippen LogP contribution < -0.4 is 4.74 Å². The van der Waals surface area contributed by atoms with Gasteiger partial charge in [0.15, 0.2) is 12.4 Å². The number of halogens is 2. The van der Waals surface area contributed by atoms with Crippen LogP contribution in [0.3, 0.4) is 0 Å². The molecule has 0 amide bonds. The monoisotopic (exact) mass is 248 g/mol. The van der Waals surface area contributed by atoms with E-state index in [4.69, 9.17) is 33.0 Å². The van der Waals surface area contributed by atoms with Gasteiger partial charge in [0.25, 0.3) is 0 Å². The van der Waals surface area contributed by atoms with Gasteiger partial charge in [-0.25, -0.2) is 4.79 Å². The molecule has 0 radical (unpaired) electrons. The maximum atomic E-state index is 10.3. The van der Waals surface area contributed by atoms with Gasteiger partial charge in [-0.2, -0.15) is 0 Å². The van der Waals surface area contributed by atoms with Crippen molar-refractivity contribution in [1.82, 2.24) is 0 Å². The summed E-state index contributed by atoms with van der Waals surface area (Å²) in [6.07, 6.45) is 0.804. The topological polar surface area (TPSA) is 46.5 Å². The van der Waals surface area contributed by atoms with Crippen molar-refractivity contribution >= 4 is 29.2 Å². The third kappa shape index (κ3) is 3.29. The van der Waals surface area contributed by atoms with Gasteiger partial charge in [0, 0.05) is 0 Å². The first-order valence-electron chi connectivity index (χ1n) is 4.37. The Morgan fingerprint density at radius 2 is 1.93 bits per heavy atom. The maximum absolute atomic E-state index is 10.3. The van der Waals surface area contributed by atoms with Crippen molar-refractivity contribution in [2.75, 3.05) is 6.61 Å². The first kappa shape index (κ1) is 12.1. The lowest BCUT2D eigenvalue weighted by molar-refractivity contribution is -0.139. The van der Waals surface area contributed by atoms with Crippen LogP contribution in [0, 0.1) is 0 Å². The zero-order chi connectivity index (χ0) is 11.4. The largest absolute Gasteiger partial charge is 0.479 e. The highest BCUT2D eigenvalue weighted by molar-refractivity contribution is 6.37. The third-order valence-electron chi connectivity index (χ3n) is 1.81. The molecule has 0 aliphatic heterocycles. The molecule has 0 unspecified atom stereocenters. The van der Waals surface area contributed by atoms with Crippen LogP contribution in [0.25, 0.3) is 0 Å². The molecule has 5 heteroatoms. The van der Waals surface area contributed by atoms with Crippen molar-refractivity contribution in [2.45, 2.75) is 13.3 Å². The van der Waals surface area contributed by atoms with Crippen molar-refractivity contribution in [3.8, 4) is 5.75 Å². The van der Waals surface area contributed by atoms with Crippen molar-refractivity contribution in [2.24, 2.45) is 0 Å². The average molecular weight is 249 g/mol. The minimum atomic E-state index is -1.07. The lowest BCUT2D eigenvalue weighted by Crippen LogP contribution is -2.10. The SMILES string of the molecule is CCc1cc(Cl)c(OCC(=O)O)c(Cl)c1. The molecule has 0 saturated heterocycles. The summed E-state index contributed by atoms with van der Waals surface area (Å²) >= 11 is 11.8. The fourth-order valence-electron chi connectivity index (χ4n) is 1.09. The lowest BCUT2D eigenvalue weighted by Gasteiger charge is -2.09. The molecule has 0 aliphatic carbocycles. The number of hydrogen-bond donors (Lipinski definition) is 1. The van der Waals surface area contributed by atoms with E-state index in [1.807, 2.05) is 6.92 Å². The molecule has 0 fully saturated rings. The minimum Gasteiger partial charge on any atom is -0.479 e. The summed E-state index contributed by atoms with van der Waals surface area (Å²) in [5.74, 6) is -0.848. The van der Waals surface area contributed by atoms with E-state index in [1.54, 1.807) is 12.1 Å². The standard InChI is InChI=1S/C10H10Cl2O3/c1-2-6-3-7(11)10(8(12)4-6)15-5-9(13)14/h3-4H,2,5H2,1H3,(H,13,14). The molecule has 0 aromatic heterocycles. The molecule has 82 valence electrons. The summed E-state index contributed by atoms with van der Waals surface area (Å²) < 4.78 is 4.97. The van der Waals surface area contributed by atoms with E-state index in [9.17, 15) is 4.79 Å². The molecular formula is C10H10Cl2O3. The van der Waals surface area contributed by atoms with Crippen molar-refractivity contribution in [3.63, 3.8) is 0 Å². The number of ether oxygens (including phenoxy) is 1. The van der Waals surface area contributed by atoms with E-state index in [2.05, 4.69) is 0 Å². The zero-order valence-corrected chi connectivity index (χ0v) is 9.60. The summed E-state index contributed by atoms with van der Waals surface area (Å²) in [6, 6.07) is 3.43. The van der Waals surface area contributed by atoms with Gasteiger partial charge in [-0.3, -0.25) is 0 Å². The molecule has 0 saturated carbocycles. The van der Waals surface area contributed by atoms with Crippen LogP contribution >= 0.6 is 23.2 Å². The molecule has 15 heavy (non-hydrogen) atoms. The van der Waals surface area contributed by atoms with Gasteiger partial charge in [0.1, 0.15) is 0 Å². The number of aryl methyl sites for hydroxylation is 1. The predicted octanol–water partition coefficient (Wildman–Crippen LogP) is 3.02. The molecule has 0 spiro atoms. The van der Waals surface area contributed by atoms with Gasteiger partial charge in [-0.15, -0.1) is 0 Å². The Kier molecular flexibility index (Phi) is 4.24. The van der Waals surface area contributed by atoms with Crippen LogP contribution in [0.1, 0.15) is 12.5 Å². The first-order valence-corrected chi connectivity index (χ1v) is 5.12. The van der Waals surface area contributed by atoms with Crippen molar-refractivity contribution in [1.29, 1.82) is 0 Å². The highest BCUT2D eigenvalue weighted by Gasteiger charge is 2.10. The predicted molar refractivity (Wildman–Crippen MR) is 59.0 cm³/mol. The maximum Gasteiger partial charge on any atom is 0.341 e. The van der Waals surface area contributed by atoms with Crippen LogP contribution in [0.2, 0.25) is 10.0 Å². The van der Waals surface area contributed by atoms with Gasteiger partial charge >= 0.3 is 5.97 Å². The molecule has 0 atom stereocenters. The second kappa shape index (κ2) is 5.24. The quantitative estimate of drug-likeness (QED) is 0.892. The summed E-state index contributed by atoms with van der Waals surface area (Å²) in [5.41, 5.74) is 0.979. The van der Waals surface area contributed by atoms with E-state index in [0.717, 1.165) is 12.0 Å². The molecular weight excluding hydrogens is 239 g/mol. The van der Waals surface area contributed by atoms with E-state index in [1.165, 1.54) is 0 Å². The number of carboxylic acids is 1. The molecule has 1 rings (SSSR count). The minimum absolute atomic E-state index is 0.220. The Morgan fingerprint density at radius 3 is 2.33 bits per heavy atom. The van der Waals surface area contributed by atoms with E-state index in [0.29, 0.717) is 10.0 Å². The van der Waals surface area contributed by atoms with Crippen molar-refractivity contribution < 1.29 is 14.6 Å². The lowest BCUT2D eigenvalue weighted by atomic mass is 10.2. The molecule has 0 heterocycles. The first-order chi connectivity index (χ1) is 7.04. The summed E-state index contributed by atoms with van der Waals surface area (Å²) in [6.45, 7) is 1.52. The molecule has 3 nitrogen and oxygen atoms in total. The third-order valence-corrected chi connectivity index (χ3v) is 2.37. The molecule has 0 aliphatic rings. The van der Waals surface area contributed by atoms with E-state index in [-0.39, 0.29) is 5.75 Å². The number of aliphatic carboxylic acids is 1. The normalized spacial score (nSPS) is 10.1. The van der Waals surface area contributed by atoms with Crippen LogP contribution in [-0.2, 0) is 11.2 Å². The number of hydrogen-bond acceptors (Lipinski definition) is 2. The molecule has 0 bridgehead atoms. The van der Waals surface area contributed by atoms with Crippen LogP contribution in [0.5, 0.6) is 5.75 Å². The van der Waals surface area contributed by atoms with Crippen molar-refractivity contribution in [3.05, 3.63) is 27.7 Å².